The molecule has 1 fully saturated rings. The zero-order valence-electron chi connectivity index (χ0n) is 16.9. The number of hydrogen-bond donors (Lipinski definition) is 1. The van der Waals surface area contributed by atoms with Crippen molar-refractivity contribution in [2.24, 2.45) is 0 Å². The maximum atomic E-state index is 13.4. The first kappa shape index (κ1) is 20.5. The van der Waals surface area contributed by atoms with Gasteiger partial charge in [0.1, 0.15) is 0 Å². The van der Waals surface area contributed by atoms with Crippen LogP contribution in [-0.4, -0.2) is 28.9 Å². The molecule has 3 nitrogen and oxygen atoms in total. The van der Waals surface area contributed by atoms with Gasteiger partial charge < -0.3 is 9.88 Å². The first-order valence-electron chi connectivity index (χ1n) is 10.4. The quantitative estimate of drug-likeness (QED) is 0.555. The van der Waals surface area contributed by atoms with Crippen LogP contribution in [0.4, 0.5) is 13.2 Å². The van der Waals surface area contributed by atoms with E-state index in [-0.39, 0.29) is 12.3 Å². The van der Waals surface area contributed by atoms with Crippen molar-refractivity contribution in [3.63, 3.8) is 0 Å². The number of likely N-dealkylation sites (tertiary alicyclic amines) is 1. The second-order valence-electron chi connectivity index (χ2n) is 7.91. The lowest BCUT2D eigenvalue weighted by atomic mass is 9.86. The fourth-order valence-electron chi connectivity index (χ4n) is 4.43. The van der Waals surface area contributed by atoms with Crippen molar-refractivity contribution in [1.29, 1.82) is 0 Å². The van der Waals surface area contributed by atoms with E-state index in [1.807, 2.05) is 29.3 Å². The standard InChI is InChI=1S/C24H25F3N2O/c1-2-16-7-6-10-19-21(15-28-23(16)19)20(14-22(30)29-11-3-4-12-29)17-8-5-9-18(13-17)24(25,26)27/h5-10,13,15,20,28H,2-4,11-12,14H2,1H3/t20-/m1/s1. The predicted molar refractivity (Wildman–Crippen MR) is 111 cm³/mol. The minimum absolute atomic E-state index is 0.00379. The number of carbonyl (C=O) groups excluding carboxylic acids is 1. The number of halogens is 3. The number of aromatic nitrogens is 1. The molecule has 3 aromatic rings. The van der Waals surface area contributed by atoms with Gasteiger partial charge >= 0.3 is 6.18 Å². The Morgan fingerprint density at radius 2 is 1.87 bits per heavy atom. The molecule has 0 radical (unpaired) electrons. The van der Waals surface area contributed by atoms with Gasteiger partial charge in [0, 0.05) is 42.5 Å². The zero-order valence-corrected chi connectivity index (χ0v) is 16.9. The number of fused-ring (bicyclic) bond motifs is 1. The summed E-state index contributed by atoms with van der Waals surface area (Å²) in [4.78, 5) is 18.1. The number of nitrogens with zero attached hydrogens (tertiary/aromatic N) is 1. The molecule has 1 aliphatic rings. The van der Waals surface area contributed by atoms with E-state index in [1.54, 1.807) is 6.07 Å². The van der Waals surface area contributed by atoms with Gasteiger partial charge in [-0.1, -0.05) is 43.3 Å². The Morgan fingerprint density at radius 1 is 1.13 bits per heavy atom. The Bertz CT molecular complexity index is 1050. The van der Waals surface area contributed by atoms with Crippen molar-refractivity contribution in [1.82, 2.24) is 9.88 Å². The van der Waals surface area contributed by atoms with Gasteiger partial charge in [0.05, 0.1) is 5.56 Å². The normalized spacial score (nSPS) is 15.7. The van der Waals surface area contributed by atoms with Crippen LogP contribution < -0.4 is 0 Å². The smallest absolute Gasteiger partial charge is 0.361 e. The summed E-state index contributed by atoms with van der Waals surface area (Å²) < 4.78 is 40.1. The molecule has 1 N–H and O–H groups in total. The third-order valence-electron chi connectivity index (χ3n) is 6.04. The molecular weight excluding hydrogens is 389 g/mol. The van der Waals surface area contributed by atoms with E-state index in [1.165, 1.54) is 12.1 Å². The van der Waals surface area contributed by atoms with Crippen molar-refractivity contribution in [2.45, 2.75) is 44.7 Å². The molecule has 4 rings (SSSR count). The molecule has 0 aliphatic carbocycles. The van der Waals surface area contributed by atoms with Crippen molar-refractivity contribution in [3.05, 3.63) is 70.9 Å². The molecule has 1 aromatic heterocycles. The molecule has 1 amide bonds. The number of aromatic amines is 1. The Hall–Kier alpha value is -2.76. The van der Waals surface area contributed by atoms with Crippen LogP contribution in [0.15, 0.2) is 48.7 Å². The summed E-state index contributed by atoms with van der Waals surface area (Å²) in [7, 11) is 0. The SMILES string of the molecule is CCc1cccc2c([C@H](CC(=O)N3CCCC3)c3cccc(C(F)(F)F)c3)c[nH]c12. The molecule has 1 atom stereocenters. The number of hydrogen-bond acceptors (Lipinski definition) is 1. The van der Waals surface area contributed by atoms with Crippen LogP contribution in [0, 0.1) is 0 Å². The Kier molecular flexibility index (Phi) is 5.58. The average Bonchev–Trinajstić information content (AvgIpc) is 3.41. The van der Waals surface area contributed by atoms with Gasteiger partial charge in [-0.3, -0.25) is 4.79 Å². The van der Waals surface area contributed by atoms with Gasteiger partial charge in [-0.15, -0.1) is 0 Å². The summed E-state index contributed by atoms with van der Waals surface area (Å²) in [6.07, 6.45) is 0.393. The maximum Gasteiger partial charge on any atom is 0.416 e. The fraction of sp³-hybridized carbons (Fsp3) is 0.375. The topological polar surface area (TPSA) is 36.1 Å². The molecule has 0 saturated carbocycles. The molecule has 30 heavy (non-hydrogen) atoms. The predicted octanol–water partition coefficient (Wildman–Crippen LogP) is 5.89. The average molecular weight is 414 g/mol. The van der Waals surface area contributed by atoms with Crippen LogP contribution in [0.25, 0.3) is 10.9 Å². The van der Waals surface area contributed by atoms with E-state index < -0.39 is 17.7 Å². The fourth-order valence-corrected chi connectivity index (χ4v) is 4.43. The molecule has 2 aromatic carbocycles. The lowest BCUT2D eigenvalue weighted by Gasteiger charge is -2.22. The van der Waals surface area contributed by atoms with Crippen molar-refractivity contribution in [3.8, 4) is 0 Å². The number of carbonyl (C=O) groups is 1. The van der Waals surface area contributed by atoms with Crippen LogP contribution in [0.5, 0.6) is 0 Å². The zero-order chi connectivity index (χ0) is 21.3. The van der Waals surface area contributed by atoms with Crippen LogP contribution in [0.3, 0.4) is 0 Å². The second kappa shape index (κ2) is 8.17. The summed E-state index contributed by atoms with van der Waals surface area (Å²) in [5.41, 5.74) is 2.83. The highest BCUT2D eigenvalue weighted by Gasteiger charge is 2.32. The minimum Gasteiger partial charge on any atom is -0.361 e. The maximum absolute atomic E-state index is 13.4. The van der Waals surface area contributed by atoms with Gasteiger partial charge in [-0.05, 0) is 42.0 Å². The van der Waals surface area contributed by atoms with Gasteiger partial charge in [0.15, 0.2) is 0 Å². The summed E-state index contributed by atoms with van der Waals surface area (Å²) in [5, 5.41) is 0.964. The number of amides is 1. The Balaban J connectivity index is 1.79. The molecule has 1 saturated heterocycles. The number of H-pyrrole nitrogens is 1. The summed E-state index contributed by atoms with van der Waals surface area (Å²) >= 11 is 0. The number of benzene rings is 2. The van der Waals surface area contributed by atoms with E-state index in [0.717, 1.165) is 60.4 Å². The van der Waals surface area contributed by atoms with E-state index >= 15 is 0 Å². The van der Waals surface area contributed by atoms with Crippen LogP contribution in [-0.2, 0) is 17.4 Å². The van der Waals surface area contributed by atoms with E-state index in [2.05, 4.69) is 11.9 Å². The molecule has 2 heterocycles. The summed E-state index contributed by atoms with van der Waals surface area (Å²) in [5.74, 6) is -0.447. The molecular formula is C24H25F3N2O. The number of nitrogens with one attached hydrogen (secondary N) is 1. The van der Waals surface area contributed by atoms with Gasteiger partial charge in [0.2, 0.25) is 5.91 Å². The van der Waals surface area contributed by atoms with Gasteiger partial charge in [-0.2, -0.15) is 13.2 Å². The number of alkyl halides is 3. The largest absolute Gasteiger partial charge is 0.416 e. The minimum atomic E-state index is -4.42. The van der Waals surface area contributed by atoms with E-state index in [0.29, 0.717) is 5.56 Å². The third kappa shape index (κ3) is 3.95. The number of rotatable bonds is 5. The van der Waals surface area contributed by atoms with E-state index in [4.69, 9.17) is 0 Å². The monoisotopic (exact) mass is 414 g/mol. The summed E-state index contributed by atoms with van der Waals surface area (Å²) in [6, 6.07) is 11.4. The van der Waals surface area contributed by atoms with Crippen LogP contribution in [0.2, 0.25) is 0 Å². The lowest BCUT2D eigenvalue weighted by molar-refractivity contribution is -0.137. The number of aryl methyl sites for hydroxylation is 1. The molecule has 0 unspecified atom stereocenters. The second-order valence-corrected chi connectivity index (χ2v) is 7.91. The Labute approximate surface area is 173 Å². The van der Waals surface area contributed by atoms with Crippen molar-refractivity contribution in [2.75, 3.05) is 13.1 Å². The van der Waals surface area contributed by atoms with Crippen LogP contribution in [0.1, 0.15) is 54.4 Å². The molecule has 6 heteroatoms. The Morgan fingerprint density at radius 3 is 2.57 bits per heavy atom. The van der Waals surface area contributed by atoms with E-state index in [9.17, 15) is 18.0 Å². The molecule has 1 aliphatic heterocycles. The highest BCUT2D eigenvalue weighted by molar-refractivity contribution is 5.88. The molecule has 0 bridgehead atoms. The third-order valence-corrected chi connectivity index (χ3v) is 6.04. The summed E-state index contributed by atoms with van der Waals surface area (Å²) in [6.45, 7) is 3.51. The first-order chi connectivity index (χ1) is 14.4. The highest BCUT2D eigenvalue weighted by Crippen LogP contribution is 2.38. The molecule has 158 valence electrons. The lowest BCUT2D eigenvalue weighted by Crippen LogP contribution is -2.29. The number of para-hydroxylation sites is 1. The molecule has 0 spiro atoms. The van der Waals surface area contributed by atoms with Gasteiger partial charge in [-0.25, -0.2) is 0 Å². The van der Waals surface area contributed by atoms with Crippen molar-refractivity contribution < 1.29 is 18.0 Å². The highest BCUT2D eigenvalue weighted by atomic mass is 19.4. The first-order valence-corrected chi connectivity index (χ1v) is 10.4. The van der Waals surface area contributed by atoms with Crippen molar-refractivity contribution >= 4 is 16.8 Å². The van der Waals surface area contributed by atoms with Crippen LogP contribution >= 0.6 is 0 Å². The van der Waals surface area contributed by atoms with Gasteiger partial charge in [0.25, 0.3) is 0 Å².